The van der Waals surface area contributed by atoms with Crippen molar-refractivity contribution in [2.45, 2.75) is 13.0 Å². The molecule has 1 rings (SSSR count). The highest BCUT2D eigenvalue weighted by Gasteiger charge is 2.14. The van der Waals surface area contributed by atoms with Crippen molar-refractivity contribution in [1.82, 2.24) is 0 Å². The minimum atomic E-state index is -0.647. The number of nitro benzene ring substituents is 1. The molecule has 0 aromatic heterocycles. The predicted octanol–water partition coefficient (Wildman–Crippen LogP) is 2.70. The van der Waals surface area contributed by atoms with Crippen molar-refractivity contribution in [1.29, 1.82) is 0 Å². The van der Waals surface area contributed by atoms with E-state index in [0.29, 0.717) is 11.1 Å². The molecule has 1 aromatic rings. The highest BCUT2D eigenvalue weighted by molar-refractivity contribution is 5.35. The Labute approximate surface area is 86.7 Å². The van der Waals surface area contributed by atoms with Gasteiger partial charge in [-0.3, -0.25) is 15.4 Å². The molecule has 0 aliphatic rings. The third-order valence-electron chi connectivity index (χ3n) is 1.96. The lowest BCUT2D eigenvalue weighted by molar-refractivity contribution is -0.384. The van der Waals surface area contributed by atoms with E-state index >= 15 is 0 Å². The zero-order valence-electron chi connectivity index (χ0n) is 8.21. The van der Waals surface area contributed by atoms with Crippen molar-refractivity contribution in [3.63, 3.8) is 0 Å². The summed E-state index contributed by atoms with van der Waals surface area (Å²) in [5, 5.41) is 19.0. The van der Waals surface area contributed by atoms with Gasteiger partial charge in [-0.25, -0.2) is 4.89 Å². The largest absolute Gasteiger partial charge is 0.269 e. The molecule has 1 atom stereocenters. The Morgan fingerprint density at radius 3 is 2.40 bits per heavy atom. The van der Waals surface area contributed by atoms with E-state index in [4.69, 9.17) is 5.26 Å². The van der Waals surface area contributed by atoms with E-state index in [2.05, 4.69) is 11.5 Å². The highest BCUT2D eigenvalue weighted by Crippen LogP contribution is 2.25. The average molecular weight is 209 g/mol. The number of benzene rings is 1. The van der Waals surface area contributed by atoms with Gasteiger partial charge in [-0.1, -0.05) is 6.58 Å². The molecule has 1 unspecified atom stereocenters. The molecule has 0 bridgehead atoms. The zero-order chi connectivity index (χ0) is 11.4. The number of hydrogen-bond acceptors (Lipinski definition) is 4. The van der Waals surface area contributed by atoms with Crippen LogP contribution >= 0.6 is 0 Å². The van der Waals surface area contributed by atoms with Crippen molar-refractivity contribution in [2.75, 3.05) is 0 Å². The fraction of sp³-hybridized carbons (Fsp3) is 0.200. The molecule has 0 saturated heterocycles. The summed E-state index contributed by atoms with van der Waals surface area (Å²) in [5.74, 6) is 0. The van der Waals surface area contributed by atoms with Gasteiger partial charge < -0.3 is 0 Å². The normalized spacial score (nSPS) is 12.1. The maximum absolute atomic E-state index is 10.4. The van der Waals surface area contributed by atoms with Crippen LogP contribution in [-0.2, 0) is 4.89 Å². The van der Waals surface area contributed by atoms with Gasteiger partial charge in [0.2, 0.25) is 0 Å². The summed E-state index contributed by atoms with van der Waals surface area (Å²) in [6.07, 6.45) is -0.647. The quantitative estimate of drug-likeness (QED) is 0.358. The van der Waals surface area contributed by atoms with Crippen LogP contribution in [0.4, 0.5) is 5.69 Å². The molecule has 5 nitrogen and oxygen atoms in total. The van der Waals surface area contributed by atoms with Gasteiger partial charge in [-0.2, -0.15) is 0 Å². The monoisotopic (exact) mass is 209 g/mol. The summed E-state index contributed by atoms with van der Waals surface area (Å²) in [7, 11) is 0. The Bertz CT molecular complexity index is 372. The Morgan fingerprint density at radius 1 is 1.53 bits per heavy atom. The van der Waals surface area contributed by atoms with Crippen LogP contribution in [-0.4, -0.2) is 10.2 Å². The molecule has 0 amide bonds. The Balaban J connectivity index is 2.97. The molecule has 0 aliphatic heterocycles. The van der Waals surface area contributed by atoms with E-state index in [9.17, 15) is 10.1 Å². The molecule has 80 valence electrons. The second kappa shape index (κ2) is 4.68. The molecule has 0 saturated carbocycles. The molecule has 0 spiro atoms. The summed E-state index contributed by atoms with van der Waals surface area (Å²) in [6, 6.07) is 5.75. The highest BCUT2D eigenvalue weighted by atomic mass is 17.1. The van der Waals surface area contributed by atoms with E-state index < -0.39 is 11.0 Å². The first-order chi connectivity index (χ1) is 7.06. The van der Waals surface area contributed by atoms with E-state index in [-0.39, 0.29) is 5.69 Å². The van der Waals surface area contributed by atoms with Gasteiger partial charge in [0.05, 0.1) is 4.92 Å². The van der Waals surface area contributed by atoms with Gasteiger partial charge in [0.15, 0.2) is 0 Å². The molecular weight excluding hydrogens is 198 g/mol. The van der Waals surface area contributed by atoms with Crippen LogP contribution in [0.3, 0.4) is 0 Å². The van der Waals surface area contributed by atoms with E-state index in [0.717, 1.165) is 0 Å². The number of nitrogens with zero attached hydrogens (tertiary/aromatic N) is 1. The van der Waals surface area contributed by atoms with Gasteiger partial charge >= 0.3 is 0 Å². The first kappa shape index (κ1) is 11.4. The van der Waals surface area contributed by atoms with Crippen molar-refractivity contribution in [3.8, 4) is 0 Å². The van der Waals surface area contributed by atoms with Crippen LogP contribution in [0.5, 0.6) is 0 Å². The smallest absolute Gasteiger partial charge is 0.258 e. The minimum Gasteiger partial charge on any atom is -0.258 e. The number of hydrogen-bond donors (Lipinski definition) is 1. The third kappa shape index (κ3) is 2.61. The molecule has 5 heteroatoms. The summed E-state index contributed by atoms with van der Waals surface area (Å²) in [6.45, 7) is 5.34. The summed E-state index contributed by atoms with van der Waals surface area (Å²) in [4.78, 5) is 14.1. The van der Waals surface area contributed by atoms with Crippen LogP contribution in [0, 0.1) is 10.1 Å². The van der Waals surface area contributed by atoms with Crippen molar-refractivity contribution < 1.29 is 15.1 Å². The van der Waals surface area contributed by atoms with Gasteiger partial charge in [0.1, 0.15) is 6.10 Å². The maximum atomic E-state index is 10.4. The van der Waals surface area contributed by atoms with Crippen molar-refractivity contribution in [3.05, 3.63) is 52.1 Å². The van der Waals surface area contributed by atoms with Crippen LogP contribution in [0.25, 0.3) is 0 Å². The number of nitro groups is 1. The van der Waals surface area contributed by atoms with Gasteiger partial charge in [0, 0.05) is 12.1 Å². The lowest BCUT2D eigenvalue weighted by atomic mass is 10.0. The summed E-state index contributed by atoms with van der Waals surface area (Å²) >= 11 is 0. The second-order valence-electron chi connectivity index (χ2n) is 3.18. The molecule has 0 radical (unpaired) electrons. The van der Waals surface area contributed by atoms with E-state index in [1.807, 2.05) is 0 Å². The minimum absolute atomic E-state index is 0.00263. The number of rotatable bonds is 4. The van der Waals surface area contributed by atoms with Crippen LogP contribution in [0.15, 0.2) is 36.4 Å². The summed E-state index contributed by atoms with van der Waals surface area (Å²) < 4.78 is 0. The fourth-order valence-electron chi connectivity index (χ4n) is 1.21. The fourth-order valence-corrected chi connectivity index (χ4v) is 1.21. The molecule has 0 aliphatic carbocycles. The third-order valence-corrected chi connectivity index (χ3v) is 1.96. The molecule has 1 aromatic carbocycles. The van der Waals surface area contributed by atoms with Crippen LogP contribution in [0.2, 0.25) is 0 Å². The SMILES string of the molecule is C=C(C)C(OO)c1ccc([N+](=O)[O-])cc1. The van der Waals surface area contributed by atoms with Gasteiger partial charge in [0.25, 0.3) is 5.69 Å². The Hall–Kier alpha value is -1.72. The first-order valence-electron chi connectivity index (χ1n) is 4.26. The molecule has 0 heterocycles. The van der Waals surface area contributed by atoms with E-state index in [1.54, 1.807) is 6.92 Å². The number of non-ortho nitro benzene ring substituents is 1. The standard InChI is InChI=1S/C10H11NO4/c1-7(2)10(15-14)8-3-5-9(6-4-8)11(12)13/h3-6,10,14H,1H2,2H3. The Kier molecular flexibility index (Phi) is 3.54. The zero-order valence-corrected chi connectivity index (χ0v) is 8.21. The molecule has 0 fully saturated rings. The molecular formula is C10H11NO4. The maximum Gasteiger partial charge on any atom is 0.269 e. The van der Waals surface area contributed by atoms with Crippen LogP contribution in [0.1, 0.15) is 18.6 Å². The Morgan fingerprint density at radius 2 is 2.07 bits per heavy atom. The van der Waals surface area contributed by atoms with Gasteiger partial charge in [-0.15, -0.1) is 0 Å². The van der Waals surface area contributed by atoms with Crippen molar-refractivity contribution in [2.24, 2.45) is 0 Å². The second-order valence-corrected chi connectivity index (χ2v) is 3.18. The van der Waals surface area contributed by atoms with Crippen molar-refractivity contribution >= 4 is 5.69 Å². The topological polar surface area (TPSA) is 72.6 Å². The van der Waals surface area contributed by atoms with Gasteiger partial charge in [-0.05, 0) is 30.2 Å². The predicted molar refractivity (Wildman–Crippen MR) is 54.4 cm³/mol. The lowest BCUT2D eigenvalue weighted by Gasteiger charge is -2.12. The molecule has 1 N–H and O–H groups in total. The summed E-state index contributed by atoms with van der Waals surface area (Å²) in [5.41, 5.74) is 1.24. The van der Waals surface area contributed by atoms with E-state index in [1.165, 1.54) is 24.3 Å². The average Bonchev–Trinajstić information content (AvgIpc) is 2.19. The molecule has 15 heavy (non-hydrogen) atoms. The van der Waals surface area contributed by atoms with Crippen LogP contribution < -0.4 is 0 Å². The lowest BCUT2D eigenvalue weighted by Crippen LogP contribution is -2.02. The first-order valence-corrected chi connectivity index (χ1v) is 4.26.